The molecule has 24 heavy (non-hydrogen) atoms. The van der Waals surface area contributed by atoms with Gasteiger partial charge in [0.05, 0.1) is 11.6 Å². The largest absolute Gasteiger partial charge is 0.352 e. The van der Waals surface area contributed by atoms with Crippen LogP contribution in [0.1, 0.15) is 16.7 Å². The fraction of sp³-hybridized carbons (Fsp3) is 0.222. The lowest BCUT2D eigenvalue weighted by molar-refractivity contribution is 0.473. The maximum Gasteiger partial charge on any atom is 0.193 e. The molecule has 0 aromatic heterocycles. The minimum atomic E-state index is -0.385. The number of nitrogens with one attached hydrogen (secondary N) is 1. The molecule has 2 rings (SSSR count). The highest BCUT2D eigenvalue weighted by Crippen LogP contribution is 2.11. The maximum atomic E-state index is 13.8. The van der Waals surface area contributed by atoms with Gasteiger partial charge in [0.2, 0.25) is 0 Å². The molecule has 0 aliphatic rings. The van der Waals surface area contributed by atoms with Crippen LogP contribution in [0.25, 0.3) is 0 Å². The maximum absolute atomic E-state index is 13.8. The molecular weight excluding hydrogens is 310 g/mol. The molecule has 2 aromatic carbocycles. The van der Waals surface area contributed by atoms with Crippen molar-refractivity contribution in [2.75, 3.05) is 14.1 Å². The van der Waals surface area contributed by atoms with Crippen molar-refractivity contribution in [2.45, 2.75) is 13.1 Å². The van der Waals surface area contributed by atoms with Crippen molar-refractivity contribution in [1.82, 2.24) is 10.2 Å². The van der Waals surface area contributed by atoms with Gasteiger partial charge in [-0.3, -0.25) is 4.99 Å². The van der Waals surface area contributed by atoms with Crippen LogP contribution in [0.3, 0.4) is 0 Å². The first-order valence-electron chi connectivity index (χ1n) is 7.38. The fourth-order valence-electron chi connectivity index (χ4n) is 2.32. The van der Waals surface area contributed by atoms with Crippen molar-refractivity contribution < 1.29 is 8.78 Å². The standard InChI is InChI=1S/C18H18F2N4/c1-22-18(24(2)12-14-4-3-5-16(19)9-14)23-11-15-8-13(10-21)6-7-17(15)20/h3-9H,11-12H2,1-2H3,(H,22,23). The Morgan fingerprint density at radius 3 is 2.71 bits per heavy atom. The summed E-state index contributed by atoms with van der Waals surface area (Å²) in [5, 5.41) is 11.9. The van der Waals surface area contributed by atoms with Crippen molar-refractivity contribution in [3.05, 3.63) is 70.8 Å². The number of benzene rings is 2. The monoisotopic (exact) mass is 328 g/mol. The average Bonchev–Trinajstić information content (AvgIpc) is 2.57. The van der Waals surface area contributed by atoms with E-state index in [9.17, 15) is 8.78 Å². The topological polar surface area (TPSA) is 51.4 Å². The van der Waals surface area contributed by atoms with Gasteiger partial charge in [-0.2, -0.15) is 5.26 Å². The molecule has 0 amide bonds. The van der Waals surface area contributed by atoms with E-state index in [0.29, 0.717) is 23.6 Å². The molecule has 1 N–H and O–H groups in total. The summed E-state index contributed by atoms with van der Waals surface area (Å²) >= 11 is 0. The summed E-state index contributed by atoms with van der Waals surface area (Å²) in [5.74, 6) is -0.134. The van der Waals surface area contributed by atoms with E-state index in [1.54, 1.807) is 18.0 Å². The van der Waals surface area contributed by atoms with Crippen molar-refractivity contribution in [3.63, 3.8) is 0 Å². The normalized spacial score (nSPS) is 11.0. The van der Waals surface area contributed by atoms with Crippen LogP contribution in [-0.4, -0.2) is 25.0 Å². The van der Waals surface area contributed by atoms with E-state index in [0.717, 1.165) is 5.56 Å². The Kier molecular flexibility index (Phi) is 5.85. The van der Waals surface area contributed by atoms with Crippen molar-refractivity contribution in [3.8, 4) is 6.07 Å². The van der Waals surface area contributed by atoms with Crippen molar-refractivity contribution >= 4 is 5.96 Å². The van der Waals surface area contributed by atoms with Gasteiger partial charge in [0.25, 0.3) is 0 Å². The Morgan fingerprint density at radius 1 is 1.25 bits per heavy atom. The SMILES string of the molecule is CN=C(NCc1cc(C#N)ccc1F)N(C)Cc1cccc(F)c1. The molecule has 124 valence electrons. The third kappa shape index (κ3) is 4.53. The number of hydrogen-bond donors (Lipinski definition) is 1. The molecule has 0 aliphatic carbocycles. The van der Waals surface area contributed by atoms with Gasteiger partial charge in [0.15, 0.2) is 5.96 Å². The number of guanidine groups is 1. The van der Waals surface area contributed by atoms with E-state index in [1.807, 2.05) is 19.2 Å². The second-order valence-electron chi connectivity index (χ2n) is 5.30. The van der Waals surface area contributed by atoms with Gasteiger partial charge in [-0.1, -0.05) is 12.1 Å². The molecule has 0 radical (unpaired) electrons. The number of hydrogen-bond acceptors (Lipinski definition) is 2. The number of halogens is 2. The highest BCUT2D eigenvalue weighted by atomic mass is 19.1. The van der Waals surface area contributed by atoms with Crippen LogP contribution in [0.2, 0.25) is 0 Å². The van der Waals surface area contributed by atoms with Crippen LogP contribution < -0.4 is 5.32 Å². The van der Waals surface area contributed by atoms with E-state index < -0.39 is 0 Å². The molecular formula is C18H18F2N4. The Morgan fingerprint density at radius 2 is 2.04 bits per heavy atom. The predicted molar refractivity (Wildman–Crippen MR) is 89.2 cm³/mol. The minimum Gasteiger partial charge on any atom is -0.352 e. The molecule has 2 aromatic rings. The summed E-state index contributed by atoms with van der Waals surface area (Å²) in [7, 11) is 3.43. The second-order valence-corrected chi connectivity index (χ2v) is 5.30. The van der Waals surface area contributed by atoms with E-state index >= 15 is 0 Å². The highest BCUT2D eigenvalue weighted by Gasteiger charge is 2.09. The van der Waals surface area contributed by atoms with Crippen molar-refractivity contribution in [1.29, 1.82) is 5.26 Å². The molecule has 0 aliphatic heterocycles. The molecule has 0 spiro atoms. The Balaban J connectivity index is 2.03. The van der Waals surface area contributed by atoms with Gasteiger partial charge >= 0.3 is 0 Å². The zero-order valence-electron chi connectivity index (χ0n) is 13.6. The molecule has 0 saturated heterocycles. The molecule has 0 saturated carbocycles. The zero-order valence-corrected chi connectivity index (χ0v) is 13.6. The van der Waals surface area contributed by atoms with Gasteiger partial charge in [-0.05, 0) is 35.9 Å². The predicted octanol–water partition coefficient (Wildman–Crippen LogP) is 3.04. The summed E-state index contributed by atoms with van der Waals surface area (Å²) < 4.78 is 27.1. The number of nitriles is 1. The summed E-state index contributed by atoms with van der Waals surface area (Å²) in [6.07, 6.45) is 0. The van der Waals surface area contributed by atoms with Crippen LogP contribution in [-0.2, 0) is 13.1 Å². The fourth-order valence-corrected chi connectivity index (χ4v) is 2.32. The summed E-state index contributed by atoms with van der Waals surface area (Å²) in [4.78, 5) is 5.95. The summed E-state index contributed by atoms with van der Waals surface area (Å²) in [6, 6.07) is 12.5. The van der Waals surface area contributed by atoms with Crippen LogP contribution in [0, 0.1) is 23.0 Å². The Hall–Kier alpha value is -2.94. The lowest BCUT2D eigenvalue weighted by Gasteiger charge is -2.22. The van der Waals surface area contributed by atoms with Gasteiger partial charge in [0.1, 0.15) is 11.6 Å². The first-order valence-corrected chi connectivity index (χ1v) is 7.38. The van der Waals surface area contributed by atoms with Crippen LogP contribution in [0.5, 0.6) is 0 Å². The van der Waals surface area contributed by atoms with Crippen LogP contribution in [0.4, 0.5) is 8.78 Å². The lowest BCUT2D eigenvalue weighted by atomic mass is 10.1. The van der Waals surface area contributed by atoms with Crippen molar-refractivity contribution in [2.24, 2.45) is 4.99 Å². The highest BCUT2D eigenvalue weighted by molar-refractivity contribution is 5.79. The van der Waals surface area contributed by atoms with Gasteiger partial charge in [0, 0.05) is 32.7 Å². The first kappa shape index (κ1) is 17.4. The molecule has 0 bridgehead atoms. The second kappa shape index (κ2) is 8.06. The number of aliphatic imine (C=N–C) groups is 1. The summed E-state index contributed by atoms with van der Waals surface area (Å²) in [5.41, 5.74) is 1.59. The van der Waals surface area contributed by atoms with Gasteiger partial charge < -0.3 is 10.2 Å². The molecule has 0 fully saturated rings. The first-order chi connectivity index (χ1) is 11.5. The third-order valence-corrected chi connectivity index (χ3v) is 3.49. The Labute approximate surface area is 140 Å². The van der Waals surface area contributed by atoms with Crippen LogP contribution in [0.15, 0.2) is 47.5 Å². The van der Waals surface area contributed by atoms with Crippen LogP contribution >= 0.6 is 0 Å². The van der Waals surface area contributed by atoms with Gasteiger partial charge in [-0.15, -0.1) is 0 Å². The molecule has 0 unspecified atom stereocenters. The molecule has 4 nitrogen and oxygen atoms in total. The van der Waals surface area contributed by atoms with Gasteiger partial charge in [-0.25, -0.2) is 8.78 Å². The lowest BCUT2D eigenvalue weighted by Crippen LogP contribution is -2.38. The smallest absolute Gasteiger partial charge is 0.193 e. The average molecular weight is 328 g/mol. The van der Waals surface area contributed by atoms with E-state index in [4.69, 9.17) is 5.26 Å². The number of rotatable bonds is 4. The molecule has 0 heterocycles. The summed E-state index contributed by atoms with van der Waals surface area (Å²) in [6.45, 7) is 0.652. The van der Waals surface area contributed by atoms with E-state index in [1.165, 1.54) is 30.3 Å². The molecule has 6 heteroatoms. The molecule has 0 atom stereocenters. The quantitative estimate of drug-likeness (QED) is 0.693. The zero-order chi connectivity index (χ0) is 17.5. The third-order valence-electron chi connectivity index (χ3n) is 3.49. The number of nitrogens with zero attached hydrogens (tertiary/aromatic N) is 3. The Bertz CT molecular complexity index is 781. The van der Waals surface area contributed by atoms with E-state index in [-0.39, 0.29) is 18.2 Å². The van der Waals surface area contributed by atoms with E-state index in [2.05, 4.69) is 10.3 Å². The minimum absolute atomic E-state index is 0.196.